The Balaban J connectivity index is 1.80. The van der Waals surface area contributed by atoms with Crippen molar-refractivity contribution in [1.82, 2.24) is 24.6 Å². The van der Waals surface area contributed by atoms with Crippen LogP contribution in [0.5, 0.6) is 5.75 Å². The van der Waals surface area contributed by atoms with E-state index in [4.69, 9.17) is 10.5 Å². The van der Waals surface area contributed by atoms with Crippen LogP contribution < -0.4 is 10.5 Å². The van der Waals surface area contributed by atoms with E-state index in [0.717, 1.165) is 29.9 Å². The number of rotatable bonds is 5. The second-order valence-electron chi connectivity index (χ2n) is 7.93. The molecule has 0 atom stereocenters. The van der Waals surface area contributed by atoms with Gasteiger partial charge in [0, 0.05) is 29.1 Å². The highest BCUT2D eigenvalue weighted by Gasteiger charge is 2.51. The molecule has 0 aliphatic heterocycles. The van der Waals surface area contributed by atoms with Crippen molar-refractivity contribution in [3.63, 3.8) is 0 Å². The molecule has 0 radical (unpaired) electrons. The third-order valence-electron chi connectivity index (χ3n) is 5.89. The largest absolute Gasteiger partial charge is 0.496 e. The lowest BCUT2D eigenvalue weighted by Crippen LogP contribution is -2.15. The van der Waals surface area contributed by atoms with E-state index in [9.17, 15) is 4.79 Å². The molecule has 1 aliphatic rings. The normalized spacial score (nSPS) is 15.7. The van der Waals surface area contributed by atoms with Crippen LogP contribution in [0, 0.1) is 0 Å². The van der Waals surface area contributed by atoms with Crippen LogP contribution in [0.15, 0.2) is 48.4 Å². The number of methoxy groups -OCH3 is 1. The van der Waals surface area contributed by atoms with Crippen molar-refractivity contribution in [3.8, 4) is 5.75 Å². The number of benzene rings is 1. The fraction of sp³-hybridized carbons (Fsp3) is 0.261. The van der Waals surface area contributed by atoms with Gasteiger partial charge in [-0.05, 0) is 44.9 Å². The minimum Gasteiger partial charge on any atom is -0.496 e. The second-order valence-corrected chi connectivity index (χ2v) is 7.93. The number of aromatic nitrogens is 5. The van der Waals surface area contributed by atoms with Crippen molar-refractivity contribution in [2.24, 2.45) is 5.73 Å². The predicted octanol–water partition coefficient (Wildman–Crippen LogP) is 3.04. The van der Waals surface area contributed by atoms with Gasteiger partial charge in [0.05, 0.1) is 35.4 Å². The maximum atomic E-state index is 12.3. The van der Waals surface area contributed by atoms with Crippen molar-refractivity contribution >= 4 is 28.0 Å². The third-order valence-corrected chi connectivity index (χ3v) is 5.89. The first kappa shape index (κ1) is 19.2. The number of allylic oxidation sites excluding steroid dienone is 2. The SMILES string of the molecule is COc1cc2c(cc1C(C(C)=O)=C(C)N)ncc1nnc(C3(c4ccccn4)CC3)n12. The molecule has 1 aromatic carbocycles. The molecule has 0 unspecified atom stereocenters. The van der Waals surface area contributed by atoms with E-state index in [1.54, 1.807) is 26.4 Å². The average Bonchev–Trinajstić information content (AvgIpc) is 3.45. The first-order valence-electron chi connectivity index (χ1n) is 10.1. The zero-order valence-electron chi connectivity index (χ0n) is 17.6. The molecule has 1 aliphatic carbocycles. The van der Waals surface area contributed by atoms with Crippen LogP contribution in [0.1, 0.15) is 43.8 Å². The summed E-state index contributed by atoms with van der Waals surface area (Å²) in [6, 6.07) is 9.64. The number of nitrogens with two attached hydrogens (primary N) is 1. The van der Waals surface area contributed by atoms with Crippen molar-refractivity contribution in [1.29, 1.82) is 0 Å². The maximum absolute atomic E-state index is 12.3. The monoisotopic (exact) mass is 414 g/mol. The van der Waals surface area contributed by atoms with Crippen molar-refractivity contribution in [2.45, 2.75) is 32.1 Å². The van der Waals surface area contributed by atoms with Gasteiger partial charge in [0.25, 0.3) is 0 Å². The number of Topliss-reactive ketones (excluding diaryl/α,β-unsaturated/α-hetero) is 1. The Hall–Kier alpha value is -3.81. The predicted molar refractivity (Wildman–Crippen MR) is 117 cm³/mol. The van der Waals surface area contributed by atoms with Crippen molar-refractivity contribution in [2.75, 3.05) is 7.11 Å². The Morgan fingerprint density at radius 1 is 1.16 bits per heavy atom. The van der Waals surface area contributed by atoms with E-state index in [1.165, 1.54) is 6.92 Å². The molecule has 0 amide bonds. The number of ketones is 1. The molecular weight excluding hydrogens is 392 g/mol. The Morgan fingerprint density at radius 3 is 2.58 bits per heavy atom. The third kappa shape index (κ3) is 2.86. The summed E-state index contributed by atoms with van der Waals surface area (Å²) in [5, 5.41) is 8.90. The van der Waals surface area contributed by atoms with Gasteiger partial charge in [0.1, 0.15) is 11.6 Å². The summed E-state index contributed by atoms with van der Waals surface area (Å²) < 4.78 is 7.67. The standard InChI is InChI=1S/C23H22N6O2/c1-13(24)21(14(2)30)15-10-16-17(11-18(15)31-3)29-20(12-26-16)27-28-22(29)23(7-8-23)19-6-4-5-9-25-19/h4-6,9-12H,7-8,24H2,1-3H3. The van der Waals surface area contributed by atoms with E-state index in [2.05, 4.69) is 20.2 Å². The number of carbonyl (C=O) groups is 1. The maximum Gasteiger partial charge on any atom is 0.179 e. The molecule has 0 saturated heterocycles. The molecule has 8 heteroatoms. The van der Waals surface area contributed by atoms with E-state index in [1.807, 2.05) is 34.7 Å². The summed E-state index contributed by atoms with van der Waals surface area (Å²) in [6.07, 6.45) is 5.40. The zero-order valence-corrected chi connectivity index (χ0v) is 17.6. The van der Waals surface area contributed by atoms with Crippen molar-refractivity contribution in [3.05, 3.63) is 65.5 Å². The van der Waals surface area contributed by atoms with E-state index < -0.39 is 0 Å². The van der Waals surface area contributed by atoms with Gasteiger partial charge in [-0.2, -0.15) is 0 Å². The molecule has 1 saturated carbocycles. The van der Waals surface area contributed by atoms with Gasteiger partial charge >= 0.3 is 0 Å². The van der Waals surface area contributed by atoms with Gasteiger partial charge in [-0.1, -0.05) is 6.07 Å². The first-order chi connectivity index (χ1) is 15.0. The molecule has 0 bridgehead atoms. The molecule has 156 valence electrons. The molecule has 5 rings (SSSR count). The van der Waals surface area contributed by atoms with Crippen LogP contribution in [0.3, 0.4) is 0 Å². The minimum absolute atomic E-state index is 0.129. The summed E-state index contributed by atoms with van der Waals surface area (Å²) in [5.74, 6) is 1.25. The molecule has 8 nitrogen and oxygen atoms in total. The van der Waals surface area contributed by atoms with Crippen molar-refractivity contribution < 1.29 is 9.53 Å². The summed E-state index contributed by atoms with van der Waals surface area (Å²) >= 11 is 0. The second kappa shape index (κ2) is 6.87. The number of pyridine rings is 1. The molecule has 3 heterocycles. The minimum atomic E-state index is -0.265. The van der Waals surface area contributed by atoms with Crippen LogP contribution in [-0.2, 0) is 10.2 Å². The highest BCUT2D eigenvalue weighted by atomic mass is 16.5. The lowest BCUT2D eigenvalue weighted by molar-refractivity contribution is -0.111. The Bertz CT molecular complexity index is 1370. The van der Waals surface area contributed by atoms with Gasteiger partial charge in [-0.15, -0.1) is 10.2 Å². The molecule has 2 N–H and O–H groups in total. The van der Waals surface area contributed by atoms with Gasteiger partial charge in [0.15, 0.2) is 11.4 Å². The van der Waals surface area contributed by atoms with E-state index in [0.29, 0.717) is 33.7 Å². The number of nitrogens with zero attached hydrogens (tertiary/aromatic N) is 5. The number of fused-ring (bicyclic) bond motifs is 3. The van der Waals surface area contributed by atoms with Gasteiger partial charge in [0.2, 0.25) is 0 Å². The van der Waals surface area contributed by atoms with Crippen LogP contribution >= 0.6 is 0 Å². The zero-order chi connectivity index (χ0) is 21.8. The average molecular weight is 414 g/mol. The molecule has 0 spiro atoms. The first-order valence-corrected chi connectivity index (χ1v) is 10.1. The number of hydrogen-bond donors (Lipinski definition) is 1. The Morgan fingerprint density at radius 2 is 1.97 bits per heavy atom. The molecule has 3 aromatic heterocycles. The summed E-state index contributed by atoms with van der Waals surface area (Å²) in [7, 11) is 1.57. The molecule has 1 fully saturated rings. The van der Waals surface area contributed by atoms with Crippen LogP contribution in [0.25, 0.3) is 22.3 Å². The lowest BCUT2D eigenvalue weighted by atomic mass is 9.98. The van der Waals surface area contributed by atoms with E-state index in [-0.39, 0.29) is 11.2 Å². The number of hydrogen-bond acceptors (Lipinski definition) is 7. The van der Waals surface area contributed by atoms with Gasteiger partial charge in [-0.3, -0.25) is 19.2 Å². The highest BCUT2D eigenvalue weighted by molar-refractivity contribution is 6.21. The number of ether oxygens (including phenoxy) is 1. The van der Waals surface area contributed by atoms with Gasteiger partial charge < -0.3 is 10.5 Å². The highest BCUT2D eigenvalue weighted by Crippen LogP contribution is 2.52. The lowest BCUT2D eigenvalue weighted by Gasteiger charge is -2.16. The van der Waals surface area contributed by atoms with E-state index >= 15 is 0 Å². The molecule has 4 aromatic rings. The summed E-state index contributed by atoms with van der Waals surface area (Å²) in [5.41, 5.74) is 10.4. The van der Waals surface area contributed by atoms with Gasteiger partial charge in [-0.25, -0.2) is 0 Å². The quantitative estimate of drug-likeness (QED) is 0.500. The smallest absolute Gasteiger partial charge is 0.179 e. The summed E-state index contributed by atoms with van der Waals surface area (Å²) in [4.78, 5) is 21.4. The Kier molecular flexibility index (Phi) is 4.25. The fourth-order valence-electron chi connectivity index (χ4n) is 4.30. The van der Waals surface area contributed by atoms with Crippen LogP contribution in [0.4, 0.5) is 0 Å². The van der Waals surface area contributed by atoms with Crippen LogP contribution in [0.2, 0.25) is 0 Å². The molecular formula is C23H22N6O2. The number of carbonyl (C=O) groups excluding carboxylic acids is 1. The topological polar surface area (TPSA) is 108 Å². The Labute approximate surface area is 178 Å². The molecule has 31 heavy (non-hydrogen) atoms. The van der Waals surface area contributed by atoms with Crippen LogP contribution in [-0.4, -0.2) is 37.5 Å². The summed E-state index contributed by atoms with van der Waals surface area (Å²) in [6.45, 7) is 3.20. The fourth-order valence-corrected chi connectivity index (χ4v) is 4.30.